The molecule has 0 saturated heterocycles. The van der Waals surface area contributed by atoms with Gasteiger partial charge in [-0.15, -0.1) is 0 Å². The number of alkyl halides is 3. The maximum Gasteiger partial charge on any atom is 0.416 e. The lowest BCUT2D eigenvalue weighted by Gasteiger charge is -2.12. The Balaban J connectivity index is 2.38. The molecule has 6 heteroatoms. The lowest BCUT2D eigenvalue weighted by atomic mass is 10.1. The van der Waals surface area contributed by atoms with Gasteiger partial charge in [0.05, 0.1) is 12.2 Å². The van der Waals surface area contributed by atoms with Crippen molar-refractivity contribution in [3.8, 4) is 0 Å². The highest BCUT2D eigenvalue weighted by molar-refractivity contribution is 9.10. The van der Waals surface area contributed by atoms with Crippen LogP contribution in [0, 0.1) is 5.92 Å². The Hall–Kier alpha value is -0.750. The molecule has 1 N–H and O–H groups in total. The molecule has 0 atom stereocenters. The van der Waals surface area contributed by atoms with Gasteiger partial charge in [-0.1, -0.05) is 13.8 Å². The monoisotopic (exact) mass is 353 g/mol. The van der Waals surface area contributed by atoms with E-state index in [4.69, 9.17) is 4.74 Å². The Kier molecular flexibility index (Phi) is 6.82. The fourth-order valence-corrected chi connectivity index (χ4v) is 2.03. The van der Waals surface area contributed by atoms with Crippen molar-refractivity contribution in [2.75, 3.05) is 25.1 Å². The van der Waals surface area contributed by atoms with Crippen LogP contribution in [-0.2, 0) is 10.9 Å². The molecule has 2 nitrogen and oxygen atoms in total. The molecule has 0 aliphatic heterocycles. The summed E-state index contributed by atoms with van der Waals surface area (Å²) in [5.41, 5.74) is -0.0337. The Morgan fingerprint density at radius 3 is 2.50 bits per heavy atom. The Morgan fingerprint density at radius 1 is 1.25 bits per heavy atom. The van der Waals surface area contributed by atoms with Crippen LogP contribution in [0.5, 0.6) is 0 Å². The van der Waals surface area contributed by atoms with E-state index in [-0.39, 0.29) is 0 Å². The first-order valence-electron chi connectivity index (χ1n) is 6.49. The quantitative estimate of drug-likeness (QED) is 0.700. The second-order valence-corrected chi connectivity index (χ2v) is 5.77. The van der Waals surface area contributed by atoms with Gasteiger partial charge in [-0.3, -0.25) is 0 Å². The van der Waals surface area contributed by atoms with Gasteiger partial charge in [0.2, 0.25) is 0 Å². The van der Waals surface area contributed by atoms with Gasteiger partial charge in [0.1, 0.15) is 0 Å². The molecule has 0 radical (unpaired) electrons. The van der Waals surface area contributed by atoms with Gasteiger partial charge < -0.3 is 10.1 Å². The number of anilines is 1. The van der Waals surface area contributed by atoms with Gasteiger partial charge in [-0.2, -0.15) is 13.2 Å². The molecule has 0 fully saturated rings. The first-order valence-corrected chi connectivity index (χ1v) is 7.28. The number of nitrogens with one attached hydrogen (secondary N) is 1. The van der Waals surface area contributed by atoms with E-state index < -0.39 is 11.7 Å². The highest BCUT2D eigenvalue weighted by Gasteiger charge is 2.30. The number of hydrogen-bond donors (Lipinski definition) is 1. The summed E-state index contributed by atoms with van der Waals surface area (Å²) in [5, 5.41) is 3.04. The zero-order chi connectivity index (χ0) is 15.2. The molecule has 20 heavy (non-hydrogen) atoms. The first-order chi connectivity index (χ1) is 9.30. The van der Waals surface area contributed by atoms with Crippen molar-refractivity contribution in [3.63, 3.8) is 0 Å². The summed E-state index contributed by atoms with van der Waals surface area (Å²) in [6.45, 7) is 6.04. The number of ether oxygens (including phenoxy) is 1. The third-order valence-corrected chi connectivity index (χ3v) is 3.35. The first kappa shape index (κ1) is 17.3. The fourth-order valence-electron chi connectivity index (χ4n) is 1.51. The Bertz CT molecular complexity index is 421. The van der Waals surface area contributed by atoms with Crippen LogP contribution in [0.1, 0.15) is 25.8 Å². The summed E-state index contributed by atoms with van der Waals surface area (Å²) in [4.78, 5) is 0. The van der Waals surface area contributed by atoms with Crippen LogP contribution in [0.3, 0.4) is 0 Å². The predicted molar refractivity (Wildman–Crippen MR) is 77.9 cm³/mol. The van der Waals surface area contributed by atoms with Crippen LogP contribution in [0.25, 0.3) is 0 Å². The second-order valence-electron chi connectivity index (χ2n) is 4.91. The highest BCUT2D eigenvalue weighted by atomic mass is 79.9. The third-order valence-electron chi connectivity index (χ3n) is 2.70. The average molecular weight is 354 g/mol. The lowest BCUT2D eigenvalue weighted by Crippen LogP contribution is -2.12. The molecule has 114 valence electrons. The molecule has 0 amide bonds. The van der Waals surface area contributed by atoms with Crippen molar-refractivity contribution in [1.82, 2.24) is 0 Å². The molecule has 1 rings (SSSR count). The molecule has 1 aromatic rings. The summed E-state index contributed by atoms with van der Waals surface area (Å²) >= 11 is 3.14. The topological polar surface area (TPSA) is 21.3 Å². The second kappa shape index (κ2) is 7.88. The summed E-state index contributed by atoms with van der Waals surface area (Å²) in [7, 11) is 0. The normalized spacial score (nSPS) is 11.9. The zero-order valence-electron chi connectivity index (χ0n) is 11.6. The molecule has 0 bridgehead atoms. The zero-order valence-corrected chi connectivity index (χ0v) is 13.1. The van der Waals surface area contributed by atoms with Crippen molar-refractivity contribution in [2.24, 2.45) is 5.92 Å². The number of benzene rings is 1. The van der Waals surface area contributed by atoms with Crippen LogP contribution >= 0.6 is 15.9 Å². The minimum atomic E-state index is -4.32. The fraction of sp³-hybridized carbons (Fsp3) is 0.571. The molecule has 1 aromatic carbocycles. The molecule has 0 saturated carbocycles. The molecule has 0 unspecified atom stereocenters. The van der Waals surface area contributed by atoms with Gasteiger partial charge in [0.25, 0.3) is 0 Å². The lowest BCUT2D eigenvalue weighted by molar-refractivity contribution is -0.137. The van der Waals surface area contributed by atoms with Crippen LogP contribution < -0.4 is 5.32 Å². The standard InChI is InChI=1S/C14H19BrF3NO/c1-10(2)5-7-20-8-6-19-13-4-3-11(9-12(13)15)14(16,17)18/h3-4,9-10,19H,5-8H2,1-2H3. The molecule has 0 heterocycles. The summed E-state index contributed by atoms with van der Waals surface area (Å²) in [5.74, 6) is 0.604. The van der Waals surface area contributed by atoms with Crippen molar-refractivity contribution in [3.05, 3.63) is 28.2 Å². The van der Waals surface area contributed by atoms with Gasteiger partial charge in [-0.25, -0.2) is 0 Å². The van der Waals surface area contributed by atoms with E-state index in [9.17, 15) is 13.2 Å². The van der Waals surface area contributed by atoms with Crippen LogP contribution in [0.4, 0.5) is 18.9 Å². The van der Waals surface area contributed by atoms with Crippen molar-refractivity contribution >= 4 is 21.6 Å². The van der Waals surface area contributed by atoms with E-state index in [1.807, 2.05) is 0 Å². The van der Waals surface area contributed by atoms with Crippen LogP contribution in [0.15, 0.2) is 22.7 Å². The minimum Gasteiger partial charge on any atom is -0.382 e. The number of rotatable bonds is 7. The van der Waals surface area contributed by atoms with E-state index in [1.165, 1.54) is 6.07 Å². The maximum atomic E-state index is 12.5. The number of hydrogen-bond acceptors (Lipinski definition) is 2. The van der Waals surface area contributed by atoms with E-state index in [0.717, 1.165) is 18.6 Å². The van der Waals surface area contributed by atoms with E-state index in [0.29, 0.717) is 35.8 Å². The summed E-state index contributed by atoms with van der Waals surface area (Å²) in [6.07, 6.45) is -3.31. The molecule has 0 spiro atoms. The van der Waals surface area contributed by atoms with Crippen LogP contribution in [0.2, 0.25) is 0 Å². The molecule has 0 aliphatic carbocycles. The van der Waals surface area contributed by atoms with Crippen LogP contribution in [-0.4, -0.2) is 19.8 Å². The Labute approximate surface area is 125 Å². The molecular formula is C14H19BrF3NO. The highest BCUT2D eigenvalue weighted by Crippen LogP contribution is 2.33. The smallest absolute Gasteiger partial charge is 0.382 e. The molecule has 0 aliphatic rings. The van der Waals surface area contributed by atoms with Crippen molar-refractivity contribution in [2.45, 2.75) is 26.4 Å². The SMILES string of the molecule is CC(C)CCOCCNc1ccc(C(F)(F)F)cc1Br. The average Bonchev–Trinajstić information content (AvgIpc) is 2.33. The Morgan fingerprint density at radius 2 is 1.95 bits per heavy atom. The van der Waals surface area contributed by atoms with E-state index >= 15 is 0 Å². The van der Waals surface area contributed by atoms with Gasteiger partial charge in [-0.05, 0) is 46.5 Å². The van der Waals surface area contributed by atoms with Gasteiger partial charge in [0, 0.05) is 23.3 Å². The maximum absolute atomic E-state index is 12.5. The van der Waals surface area contributed by atoms with Gasteiger partial charge in [0.15, 0.2) is 0 Å². The number of halogens is 4. The summed E-state index contributed by atoms with van der Waals surface area (Å²) < 4.78 is 43.3. The van der Waals surface area contributed by atoms with E-state index in [2.05, 4.69) is 35.1 Å². The largest absolute Gasteiger partial charge is 0.416 e. The summed E-state index contributed by atoms with van der Waals surface area (Å²) in [6, 6.07) is 3.55. The minimum absolute atomic E-state index is 0.398. The van der Waals surface area contributed by atoms with Gasteiger partial charge >= 0.3 is 6.18 Å². The van der Waals surface area contributed by atoms with E-state index in [1.54, 1.807) is 0 Å². The van der Waals surface area contributed by atoms with Crippen molar-refractivity contribution in [1.29, 1.82) is 0 Å². The molecular weight excluding hydrogens is 335 g/mol. The van der Waals surface area contributed by atoms with Crippen molar-refractivity contribution < 1.29 is 17.9 Å². The predicted octanol–water partition coefficient (Wildman–Crippen LogP) is 4.94. The third kappa shape index (κ3) is 6.13. The molecule has 0 aromatic heterocycles.